The third kappa shape index (κ3) is 5.00. The van der Waals surface area contributed by atoms with Gasteiger partial charge in [-0.2, -0.15) is 0 Å². The molecule has 0 radical (unpaired) electrons. The van der Waals surface area contributed by atoms with E-state index in [2.05, 4.69) is 0 Å². The Hall–Kier alpha value is -3.20. The second-order valence-electron chi connectivity index (χ2n) is 7.49. The van der Waals surface area contributed by atoms with E-state index in [1.165, 1.54) is 0 Å². The van der Waals surface area contributed by atoms with Gasteiger partial charge in [-0.05, 0) is 25.0 Å². The standard InChI is InChI=1S/C26H27NO2/c1-19-14-16-23(17-15-19)26(29)20(2)27(3)25(28)18-24(21-10-6-4-7-11-21)22-12-8-5-9-13-22/h4-17,20,24H,18H2,1-3H3. The highest BCUT2D eigenvalue weighted by Gasteiger charge is 2.26. The van der Waals surface area contributed by atoms with Crippen LogP contribution in [-0.2, 0) is 4.79 Å². The quantitative estimate of drug-likeness (QED) is 0.521. The summed E-state index contributed by atoms with van der Waals surface area (Å²) in [4.78, 5) is 27.5. The van der Waals surface area contributed by atoms with Crippen LogP contribution in [0.3, 0.4) is 0 Å². The van der Waals surface area contributed by atoms with Gasteiger partial charge in [0.15, 0.2) is 5.78 Å². The van der Waals surface area contributed by atoms with E-state index in [0.29, 0.717) is 12.0 Å². The van der Waals surface area contributed by atoms with Gasteiger partial charge in [0.1, 0.15) is 0 Å². The lowest BCUT2D eigenvalue weighted by Gasteiger charge is -2.27. The van der Waals surface area contributed by atoms with Crippen molar-refractivity contribution in [1.29, 1.82) is 0 Å². The monoisotopic (exact) mass is 385 g/mol. The third-order valence-electron chi connectivity index (χ3n) is 5.47. The van der Waals surface area contributed by atoms with Crippen molar-refractivity contribution in [1.82, 2.24) is 4.90 Å². The Morgan fingerprint density at radius 3 is 1.76 bits per heavy atom. The van der Waals surface area contributed by atoms with Gasteiger partial charge in [0.2, 0.25) is 5.91 Å². The fourth-order valence-electron chi connectivity index (χ4n) is 3.47. The summed E-state index contributed by atoms with van der Waals surface area (Å²) in [5.41, 5.74) is 3.92. The number of carbonyl (C=O) groups excluding carboxylic acids is 2. The van der Waals surface area contributed by atoms with Crippen molar-refractivity contribution in [2.45, 2.75) is 32.2 Å². The predicted molar refractivity (Wildman–Crippen MR) is 117 cm³/mol. The topological polar surface area (TPSA) is 37.4 Å². The molecule has 0 aliphatic rings. The lowest BCUT2D eigenvalue weighted by Crippen LogP contribution is -2.41. The van der Waals surface area contributed by atoms with Gasteiger partial charge in [0.05, 0.1) is 6.04 Å². The first-order valence-corrected chi connectivity index (χ1v) is 9.94. The van der Waals surface area contributed by atoms with Gasteiger partial charge in [-0.25, -0.2) is 0 Å². The van der Waals surface area contributed by atoms with E-state index < -0.39 is 6.04 Å². The Morgan fingerprint density at radius 2 is 1.28 bits per heavy atom. The summed E-state index contributed by atoms with van der Waals surface area (Å²) in [7, 11) is 1.71. The second-order valence-corrected chi connectivity index (χ2v) is 7.49. The Kier molecular flexibility index (Phi) is 6.61. The fourth-order valence-corrected chi connectivity index (χ4v) is 3.47. The summed E-state index contributed by atoms with van der Waals surface area (Å²) in [5.74, 6) is -0.137. The molecule has 0 heterocycles. The van der Waals surface area contributed by atoms with Gasteiger partial charge in [0, 0.05) is 24.9 Å². The van der Waals surface area contributed by atoms with E-state index in [4.69, 9.17) is 0 Å². The number of hydrogen-bond acceptors (Lipinski definition) is 2. The number of nitrogens with zero attached hydrogens (tertiary/aromatic N) is 1. The average Bonchev–Trinajstić information content (AvgIpc) is 2.77. The Bertz CT molecular complexity index is 910. The number of hydrogen-bond donors (Lipinski definition) is 0. The normalized spacial score (nSPS) is 11.9. The number of amides is 1. The molecule has 3 aromatic carbocycles. The first-order chi connectivity index (χ1) is 14.0. The predicted octanol–water partition coefficient (Wildman–Crippen LogP) is 5.25. The number of ketones is 1. The first-order valence-electron chi connectivity index (χ1n) is 9.94. The van der Waals surface area contributed by atoms with Crippen LogP contribution in [0.1, 0.15) is 46.3 Å². The number of rotatable bonds is 7. The van der Waals surface area contributed by atoms with E-state index in [1.54, 1.807) is 18.9 Å². The maximum Gasteiger partial charge on any atom is 0.223 e. The summed E-state index contributed by atoms with van der Waals surface area (Å²) in [6.45, 7) is 3.78. The molecule has 1 amide bonds. The molecule has 0 fully saturated rings. The van der Waals surface area contributed by atoms with E-state index in [-0.39, 0.29) is 17.6 Å². The van der Waals surface area contributed by atoms with Crippen molar-refractivity contribution in [3.63, 3.8) is 0 Å². The van der Waals surface area contributed by atoms with Crippen LogP contribution in [0.25, 0.3) is 0 Å². The number of aryl methyl sites for hydroxylation is 1. The van der Waals surface area contributed by atoms with Gasteiger partial charge in [0.25, 0.3) is 0 Å². The minimum Gasteiger partial charge on any atom is -0.336 e. The molecule has 0 saturated heterocycles. The zero-order valence-electron chi connectivity index (χ0n) is 17.2. The molecular weight excluding hydrogens is 358 g/mol. The fraction of sp³-hybridized carbons (Fsp3) is 0.231. The molecular formula is C26H27NO2. The van der Waals surface area contributed by atoms with Gasteiger partial charge in [-0.1, -0.05) is 90.5 Å². The molecule has 3 heteroatoms. The molecule has 1 unspecified atom stereocenters. The number of carbonyl (C=O) groups is 2. The molecule has 0 N–H and O–H groups in total. The Labute approximate surface area is 173 Å². The van der Waals surface area contributed by atoms with Crippen LogP contribution in [-0.4, -0.2) is 29.7 Å². The molecule has 0 aliphatic heterocycles. The van der Waals surface area contributed by atoms with Crippen LogP contribution in [0.2, 0.25) is 0 Å². The Morgan fingerprint density at radius 1 is 0.793 bits per heavy atom. The van der Waals surface area contributed by atoms with Crippen LogP contribution >= 0.6 is 0 Å². The molecule has 0 bridgehead atoms. The zero-order valence-corrected chi connectivity index (χ0v) is 17.2. The van der Waals surface area contributed by atoms with Crippen LogP contribution in [0, 0.1) is 6.92 Å². The maximum absolute atomic E-state index is 13.1. The van der Waals surface area contributed by atoms with Gasteiger partial charge in [-0.15, -0.1) is 0 Å². The zero-order chi connectivity index (χ0) is 20.8. The molecule has 3 rings (SSSR count). The summed E-state index contributed by atoms with van der Waals surface area (Å²) in [5, 5.41) is 0. The van der Waals surface area contributed by atoms with Crippen molar-refractivity contribution in [3.05, 3.63) is 107 Å². The van der Waals surface area contributed by atoms with E-state index in [9.17, 15) is 9.59 Å². The number of likely N-dealkylation sites (N-methyl/N-ethyl adjacent to an activating group) is 1. The van der Waals surface area contributed by atoms with Crippen molar-refractivity contribution < 1.29 is 9.59 Å². The second kappa shape index (κ2) is 9.33. The molecule has 1 atom stereocenters. The van der Waals surface area contributed by atoms with E-state index in [0.717, 1.165) is 16.7 Å². The SMILES string of the molecule is Cc1ccc(C(=O)C(C)N(C)C(=O)CC(c2ccccc2)c2ccccc2)cc1. The van der Waals surface area contributed by atoms with Crippen molar-refractivity contribution in [3.8, 4) is 0 Å². The third-order valence-corrected chi connectivity index (χ3v) is 5.47. The van der Waals surface area contributed by atoms with E-state index in [1.807, 2.05) is 91.9 Å². The lowest BCUT2D eigenvalue weighted by atomic mass is 9.88. The van der Waals surface area contributed by atoms with Crippen molar-refractivity contribution in [2.75, 3.05) is 7.05 Å². The summed E-state index contributed by atoms with van der Waals surface area (Å²) >= 11 is 0. The minimum absolute atomic E-state index is 0.0446. The maximum atomic E-state index is 13.1. The molecule has 148 valence electrons. The molecule has 29 heavy (non-hydrogen) atoms. The smallest absolute Gasteiger partial charge is 0.223 e. The minimum atomic E-state index is -0.516. The molecule has 3 nitrogen and oxygen atoms in total. The molecule has 0 spiro atoms. The Balaban J connectivity index is 1.78. The van der Waals surface area contributed by atoms with Crippen molar-refractivity contribution >= 4 is 11.7 Å². The number of Topliss-reactive ketones (excluding diaryl/α,β-unsaturated/α-hetero) is 1. The van der Waals surface area contributed by atoms with Crippen molar-refractivity contribution in [2.24, 2.45) is 0 Å². The largest absolute Gasteiger partial charge is 0.336 e. The first kappa shape index (κ1) is 20.5. The van der Waals surface area contributed by atoms with Crippen LogP contribution in [0.15, 0.2) is 84.9 Å². The summed E-state index contributed by atoms with van der Waals surface area (Å²) in [6.07, 6.45) is 0.316. The summed E-state index contributed by atoms with van der Waals surface area (Å²) in [6, 6.07) is 27.1. The highest BCUT2D eigenvalue weighted by Crippen LogP contribution is 2.28. The molecule has 0 aliphatic carbocycles. The molecule has 0 aromatic heterocycles. The highest BCUT2D eigenvalue weighted by molar-refractivity contribution is 6.01. The van der Waals surface area contributed by atoms with Gasteiger partial charge >= 0.3 is 0 Å². The number of benzene rings is 3. The van der Waals surface area contributed by atoms with Crippen LogP contribution < -0.4 is 0 Å². The van der Waals surface area contributed by atoms with Crippen LogP contribution in [0.5, 0.6) is 0 Å². The van der Waals surface area contributed by atoms with Gasteiger partial charge in [-0.3, -0.25) is 9.59 Å². The van der Waals surface area contributed by atoms with Gasteiger partial charge < -0.3 is 4.90 Å². The average molecular weight is 386 g/mol. The summed E-state index contributed by atoms with van der Waals surface area (Å²) < 4.78 is 0. The molecule has 0 saturated carbocycles. The highest BCUT2D eigenvalue weighted by atomic mass is 16.2. The van der Waals surface area contributed by atoms with E-state index >= 15 is 0 Å². The van der Waals surface area contributed by atoms with Crippen LogP contribution in [0.4, 0.5) is 0 Å². The molecule has 3 aromatic rings. The lowest BCUT2D eigenvalue weighted by molar-refractivity contribution is -0.131.